The highest BCUT2D eigenvalue weighted by Crippen LogP contribution is 2.27. The molecule has 0 bridgehead atoms. The van der Waals surface area contributed by atoms with Crippen molar-refractivity contribution in [2.75, 3.05) is 31.6 Å². The third-order valence-corrected chi connectivity index (χ3v) is 4.52. The van der Waals surface area contributed by atoms with Gasteiger partial charge < -0.3 is 20.0 Å². The maximum atomic E-state index is 12.5. The van der Waals surface area contributed by atoms with Gasteiger partial charge in [0.2, 0.25) is 5.91 Å². The van der Waals surface area contributed by atoms with E-state index in [1.807, 2.05) is 35.2 Å². The van der Waals surface area contributed by atoms with Gasteiger partial charge in [-0.1, -0.05) is 18.2 Å². The zero-order valence-corrected chi connectivity index (χ0v) is 15.2. The maximum absolute atomic E-state index is 12.5. The van der Waals surface area contributed by atoms with Crippen LogP contribution in [-0.4, -0.2) is 38.5 Å². The quantitative estimate of drug-likeness (QED) is 0.455. The van der Waals surface area contributed by atoms with E-state index in [1.165, 1.54) is 5.56 Å². The number of benzene rings is 1. The third kappa shape index (κ3) is 4.65. The van der Waals surface area contributed by atoms with Crippen LogP contribution < -0.4 is 15.5 Å². The van der Waals surface area contributed by atoms with Crippen LogP contribution in [0, 0.1) is 0 Å². The standard InChI is InChI=1S/C20H26N4O2/c1-21-20(23-13-10-17-7-5-15-26-17)22-12-4-9-19(25)24-14-11-16-6-2-3-8-18(16)24/h2-3,5-8,15H,4,9-14H2,1H3,(H2,21,22,23). The number of nitrogens with zero attached hydrogens (tertiary/aromatic N) is 2. The van der Waals surface area contributed by atoms with E-state index in [0.717, 1.165) is 49.8 Å². The summed E-state index contributed by atoms with van der Waals surface area (Å²) in [5.74, 6) is 1.89. The van der Waals surface area contributed by atoms with Crippen molar-refractivity contribution in [2.24, 2.45) is 4.99 Å². The minimum Gasteiger partial charge on any atom is -0.469 e. The number of guanidine groups is 1. The molecule has 0 aliphatic carbocycles. The van der Waals surface area contributed by atoms with Crippen LogP contribution in [-0.2, 0) is 17.6 Å². The van der Waals surface area contributed by atoms with Gasteiger partial charge in [0.1, 0.15) is 5.76 Å². The number of furan rings is 1. The number of amides is 1. The summed E-state index contributed by atoms with van der Waals surface area (Å²) in [5, 5.41) is 6.50. The van der Waals surface area contributed by atoms with E-state index < -0.39 is 0 Å². The van der Waals surface area contributed by atoms with Crippen LogP contribution >= 0.6 is 0 Å². The lowest BCUT2D eigenvalue weighted by molar-refractivity contribution is -0.118. The number of para-hydroxylation sites is 1. The van der Waals surface area contributed by atoms with Crippen molar-refractivity contribution in [1.82, 2.24) is 10.6 Å². The Hall–Kier alpha value is -2.76. The Labute approximate surface area is 154 Å². The van der Waals surface area contributed by atoms with Gasteiger partial charge in [0.25, 0.3) is 0 Å². The zero-order valence-electron chi connectivity index (χ0n) is 15.2. The van der Waals surface area contributed by atoms with Crippen LogP contribution in [0.4, 0.5) is 5.69 Å². The van der Waals surface area contributed by atoms with Crippen LogP contribution in [0.1, 0.15) is 24.2 Å². The van der Waals surface area contributed by atoms with E-state index in [4.69, 9.17) is 4.42 Å². The Balaban J connectivity index is 1.34. The molecule has 1 amide bonds. The predicted molar refractivity (Wildman–Crippen MR) is 104 cm³/mol. The number of rotatable bonds is 7. The monoisotopic (exact) mass is 354 g/mol. The molecule has 0 saturated heterocycles. The van der Waals surface area contributed by atoms with E-state index in [-0.39, 0.29) is 5.91 Å². The highest BCUT2D eigenvalue weighted by molar-refractivity contribution is 5.95. The molecule has 0 radical (unpaired) electrons. The van der Waals surface area contributed by atoms with Gasteiger partial charge in [-0.15, -0.1) is 0 Å². The van der Waals surface area contributed by atoms with Crippen molar-refractivity contribution in [1.29, 1.82) is 0 Å². The van der Waals surface area contributed by atoms with E-state index in [1.54, 1.807) is 13.3 Å². The zero-order chi connectivity index (χ0) is 18.2. The minimum absolute atomic E-state index is 0.192. The average Bonchev–Trinajstić information content (AvgIpc) is 3.33. The lowest BCUT2D eigenvalue weighted by Gasteiger charge is -2.17. The summed E-state index contributed by atoms with van der Waals surface area (Å²) in [6.45, 7) is 2.25. The van der Waals surface area contributed by atoms with Crippen LogP contribution in [0.25, 0.3) is 0 Å². The van der Waals surface area contributed by atoms with Crippen molar-refractivity contribution in [3.63, 3.8) is 0 Å². The first-order valence-electron chi connectivity index (χ1n) is 9.13. The number of fused-ring (bicyclic) bond motifs is 1. The number of aliphatic imine (C=N–C) groups is 1. The summed E-state index contributed by atoms with van der Waals surface area (Å²) < 4.78 is 5.31. The average molecular weight is 354 g/mol. The van der Waals surface area contributed by atoms with Crippen molar-refractivity contribution in [3.05, 3.63) is 54.0 Å². The summed E-state index contributed by atoms with van der Waals surface area (Å²) in [4.78, 5) is 18.6. The Morgan fingerprint density at radius 3 is 2.85 bits per heavy atom. The smallest absolute Gasteiger partial charge is 0.227 e. The molecular formula is C20H26N4O2. The molecule has 0 atom stereocenters. The van der Waals surface area contributed by atoms with Gasteiger partial charge in [0.05, 0.1) is 6.26 Å². The fraction of sp³-hybridized carbons (Fsp3) is 0.400. The number of carbonyl (C=O) groups excluding carboxylic acids is 1. The summed E-state index contributed by atoms with van der Waals surface area (Å²) in [7, 11) is 1.74. The van der Waals surface area contributed by atoms with Gasteiger partial charge in [0, 0.05) is 45.2 Å². The Bertz CT molecular complexity index is 740. The molecule has 2 heterocycles. The Morgan fingerprint density at radius 1 is 1.19 bits per heavy atom. The normalized spacial score (nSPS) is 13.6. The number of hydrogen-bond donors (Lipinski definition) is 2. The molecule has 2 N–H and O–H groups in total. The topological polar surface area (TPSA) is 69.9 Å². The van der Waals surface area contributed by atoms with E-state index in [2.05, 4.69) is 21.7 Å². The minimum atomic E-state index is 0.192. The molecule has 2 aromatic rings. The molecule has 0 saturated carbocycles. The van der Waals surface area contributed by atoms with E-state index in [9.17, 15) is 4.79 Å². The third-order valence-electron chi connectivity index (χ3n) is 4.52. The highest BCUT2D eigenvalue weighted by Gasteiger charge is 2.23. The molecule has 0 spiro atoms. The SMILES string of the molecule is CN=C(NCCCC(=O)N1CCc2ccccc21)NCCc1ccco1. The molecule has 0 fully saturated rings. The highest BCUT2D eigenvalue weighted by atomic mass is 16.3. The van der Waals surface area contributed by atoms with Crippen LogP contribution in [0.5, 0.6) is 0 Å². The molecule has 1 aromatic carbocycles. The van der Waals surface area contributed by atoms with Crippen molar-refractivity contribution in [3.8, 4) is 0 Å². The van der Waals surface area contributed by atoms with E-state index >= 15 is 0 Å². The maximum Gasteiger partial charge on any atom is 0.227 e. The molecule has 6 heteroatoms. The lowest BCUT2D eigenvalue weighted by Crippen LogP contribution is -2.39. The van der Waals surface area contributed by atoms with Crippen LogP contribution in [0.15, 0.2) is 52.1 Å². The summed E-state index contributed by atoms with van der Waals surface area (Å²) >= 11 is 0. The number of hydrogen-bond acceptors (Lipinski definition) is 3. The molecular weight excluding hydrogens is 328 g/mol. The first kappa shape index (κ1) is 18.0. The van der Waals surface area contributed by atoms with Gasteiger partial charge in [0.15, 0.2) is 5.96 Å². The number of carbonyl (C=O) groups is 1. The molecule has 26 heavy (non-hydrogen) atoms. The molecule has 1 aromatic heterocycles. The number of anilines is 1. The van der Waals surface area contributed by atoms with Crippen LogP contribution in [0.2, 0.25) is 0 Å². The van der Waals surface area contributed by atoms with Crippen molar-refractivity contribution >= 4 is 17.6 Å². The first-order valence-corrected chi connectivity index (χ1v) is 9.13. The molecule has 3 rings (SSSR count). The summed E-state index contributed by atoms with van der Waals surface area (Å²) in [6, 6.07) is 12.0. The number of nitrogens with one attached hydrogen (secondary N) is 2. The Morgan fingerprint density at radius 2 is 2.04 bits per heavy atom. The molecule has 1 aliphatic heterocycles. The summed E-state index contributed by atoms with van der Waals surface area (Å²) in [5.41, 5.74) is 2.33. The van der Waals surface area contributed by atoms with Gasteiger partial charge in [-0.2, -0.15) is 0 Å². The van der Waals surface area contributed by atoms with Gasteiger partial charge >= 0.3 is 0 Å². The largest absolute Gasteiger partial charge is 0.469 e. The fourth-order valence-electron chi connectivity index (χ4n) is 3.16. The first-order chi connectivity index (χ1) is 12.8. The van der Waals surface area contributed by atoms with Gasteiger partial charge in [-0.05, 0) is 36.6 Å². The summed E-state index contributed by atoms with van der Waals surface area (Å²) in [6.07, 6.45) is 4.74. The molecule has 0 unspecified atom stereocenters. The lowest BCUT2D eigenvalue weighted by atomic mass is 10.2. The Kier molecular flexibility index (Phi) is 6.30. The second kappa shape index (κ2) is 9.08. The molecule has 1 aliphatic rings. The van der Waals surface area contributed by atoms with Gasteiger partial charge in [-0.3, -0.25) is 9.79 Å². The molecule has 6 nitrogen and oxygen atoms in total. The predicted octanol–water partition coefficient (Wildman–Crippen LogP) is 2.36. The van der Waals surface area contributed by atoms with Crippen molar-refractivity contribution < 1.29 is 9.21 Å². The van der Waals surface area contributed by atoms with Crippen molar-refractivity contribution in [2.45, 2.75) is 25.7 Å². The fourth-order valence-corrected chi connectivity index (χ4v) is 3.16. The second-order valence-corrected chi connectivity index (χ2v) is 6.28. The van der Waals surface area contributed by atoms with Crippen LogP contribution in [0.3, 0.4) is 0 Å². The van der Waals surface area contributed by atoms with Gasteiger partial charge in [-0.25, -0.2) is 0 Å². The van der Waals surface area contributed by atoms with E-state index in [0.29, 0.717) is 13.0 Å². The second-order valence-electron chi connectivity index (χ2n) is 6.28. The molecule has 138 valence electrons.